The van der Waals surface area contributed by atoms with Crippen molar-refractivity contribution in [2.75, 3.05) is 13.6 Å². The molecule has 2 rings (SSSR count). The van der Waals surface area contributed by atoms with Crippen molar-refractivity contribution < 1.29 is 0 Å². The Morgan fingerprint density at radius 3 is 2.43 bits per heavy atom. The normalized spacial score (nSPS) is 13.6. The van der Waals surface area contributed by atoms with Crippen LogP contribution in [0, 0.1) is 0 Å². The maximum Gasteiger partial charge on any atom is 0.0473 e. The van der Waals surface area contributed by atoms with Crippen molar-refractivity contribution in [2.45, 2.75) is 38.9 Å². The molecule has 2 aromatic rings. The minimum absolute atomic E-state index is 0.135. The highest BCUT2D eigenvalue weighted by Crippen LogP contribution is 2.22. The van der Waals surface area contributed by atoms with Crippen LogP contribution in [0.25, 0.3) is 0 Å². The summed E-state index contributed by atoms with van der Waals surface area (Å²) < 4.78 is 0. The van der Waals surface area contributed by atoms with Gasteiger partial charge in [0.25, 0.3) is 0 Å². The van der Waals surface area contributed by atoms with Gasteiger partial charge in [-0.25, -0.2) is 0 Å². The van der Waals surface area contributed by atoms with Crippen LogP contribution in [0.3, 0.4) is 0 Å². The Balaban J connectivity index is 2.11. The van der Waals surface area contributed by atoms with Crippen LogP contribution < -0.4 is 5.32 Å². The lowest BCUT2D eigenvalue weighted by atomic mass is 10.0. The second-order valence-electron chi connectivity index (χ2n) is 6.60. The Bertz CT molecular complexity index is 514. The number of benzene rings is 1. The maximum atomic E-state index is 3.64. The fourth-order valence-corrected chi connectivity index (χ4v) is 3.05. The Hall–Kier alpha value is -1.16. The van der Waals surface area contributed by atoms with Gasteiger partial charge in [0.15, 0.2) is 0 Å². The van der Waals surface area contributed by atoms with E-state index in [9.17, 15) is 0 Å². The molecule has 0 fully saturated rings. The number of nitrogens with one attached hydrogen (secondary N) is 1. The van der Waals surface area contributed by atoms with Crippen LogP contribution in [-0.4, -0.2) is 24.0 Å². The summed E-state index contributed by atoms with van der Waals surface area (Å²) in [6, 6.07) is 13.4. The smallest absolute Gasteiger partial charge is 0.0473 e. The van der Waals surface area contributed by atoms with Crippen LogP contribution in [0.4, 0.5) is 0 Å². The molecule has 0 aliphatic heterocycles. The highest BCUT2D eigenvalue weighted by Gasteiger charge is 2.20. The third-order valence-electron chi connectivity index (χ3n) is 3.55. The predicted octanol–water partition coefficient (Wildman–Crippen LogP) is 4.31. The first-order valence-corrected chi connectivity index (χ1v) is 8.41. The van der Waals surface area contributed by atoms with E-state index in [2.05, 4.69) is 85.2 Å². The molecule has 0 saturated heterocycles. The first-order chi connectivity index (χ1) is 9.96. The summed E-state index contributed by atoms with van der Waals surface area (Å²) in [4.78, 5) is 2.43. The van der Waals surface area contributed by atoms with Gasteiger partial charge in [0.1, 0.15) is 0 Å². The quantitative estimate of drug-likeness (QED) is 0.855. The van der Waals surface area contributed by atoms with Crippen LogP contribution in [0.1, 0.15) is 37.9 Å². The number of likely N-dealkylation sites (N-methyl/N-ethyl adjacent to an activating group) is 1. The minimum Gasteiger partial charge on any atom is -0.310 e. The second kappa shape index (κ2) is 7.21. The first kappa shape index (κ1) is 16.2. The van der Waals surface area contributed by atoms with Crippen LogP contribution in [0.2, 0.25) is 0 Å². The zero-order valence-corrected chi connectivity index (χ0v) is 14.3. The molecule has 1 heterocycles. The summed E-state index contributed by atoms with van der Waals surface area (Å²) in [5.41, 5.74) is 2.89. The van der Waals surface area contributed by atoms with Crippen LogP contribution in [0.15, 0.2) is 47.2 Å². The van der Waals surface area contributed by atoms with E-state index in [1.54, 1.807) is 11.3 Å². The fourth-order valence-electron chi connectivity index (χ4n) is 2.39. The minimum atomic E-state index is 0.135. The monoisotopic (exact) mass is 302 g/mol. The first-order valence-electron chi connectivity index (χ1n) is 7.47. The average Bonchev–Trinajstić information content (AvgIpc) is 2.91. The third-order valence-corrected chi connectivity index (χ3v) is 4.29. The molecule has 0 amide bonds. The molecule has 2 nitrogen and oxygen atoms in total. The van der Waals surface area contributed by atoms with Crippen molar-refractivity contribution in [1.82, 2.24) is 10.2 Å². The molecular formula is C18H26N2S. The number of hydrogen-bond acceptors (Lipinski definition) is 3. The van der Waals surface area contributed by atoms with Crippen LogP contribution in [-0.2, 0) is 6.54 Å². The van der Waals surface area contributed by atoms with E-state index in [0.717, 1.165) is 13.1 Å². The van der Waals surface area contributed by atoms with Crippen LogP contribution >= 0.6 is 11.3 Å². The summed E-state index contributed by atoms with van der Waals surface area (Å²) in [6.07, 6.45) is 0. The highest BCUT2D eigenvalue weighted by molar-refractivity contribution is 7.07. The Kier molecular flexibility index (Phi) is 5.57. The van der Waals surface area contributed by atoms with Crippen molar-refractivity contribution in [1.29, 1.82) is 0 Å². The second-order valence-corrected chi connectivity index (χ2v) is 7.38. The standard InChI is InChI=1S/C18H26N2S/c1-18(2,3)19-12-17(16-8-6-5-7-9-16)20(4)13-15-10-11-21-14-15/h5-11,14,17,19H,12-13H2,1-4H3. The molecule has 0 aliphatic carbocycles. The van der Waals surface area contributed by atoms with Crippen LogP contribution in [0.5, 0.6) is 0 Å². The summed E-state index contributed by atoms with van der Waals surface area (Å²) >= 11 is 1.76. The van der Waals surface area contributed by atoms with E-state index < -0.39 is 0 Å². The molecule has 1 unspecified atom stereocenters. The zero-order chi connectivity index (χ0) is 15.3. The lowest BCUT2D eigenvalue weighted by Crippen LogP contribution is -2.42. The molecule has 0 aliphatic rings. The van der Waals surface area contributed by atoms with E-state index in [0.29, 0.717) is 6.04 Å². The van der Waals surface area contributed by atoms with Crippen molar-refractivity contribution >= 4 is 11.3 Å². The lowest BCUT2D eigenvalue weighted by molar-refractivity contribution is 0.216. The lowest BCUT2D eigenvalue weighted by Gasteiger charge is -2.32. The van der Waals surface area contributed by atoms with Crippen molar-refractivity contribution in [3.63, 3.8) is 0 Å². The van der Waals surface area contributed by atoms with Gasteiger partial charge in [0.2, 0.25) is 0 Å². The molecule has 0 spiro atoms. The molecular weight excluding hydrogens is 276 g/mol. The van der Waals surface area contributed by atoms with E-state index >= 15 is 0 Å². The topological polar surface area (TPSA) is 15.3 Å². The van der Waals surface area contributed by atoms with Gasteiger partial charge in [0, 0.05) is 24.7 Å². The Morgan fingerprint density at radius 1 is 1.14 bits per heavy atom. The van der Waals surface area contributed by atoms with Gasteiger partial charge in [-0.1, -0.05) is 30.3 Å². The van der Waals surface area contributed by atoms with E-state index in [1.165, 1.54) is 11.1 Å². The molecule has 1 aromatic carbocycles. The largest absolute Gasteiger partial charge is 0.310 e. The number of thiophene rings is 1. The van der Waals surface area contributed by atoms with Gasteiger partial charge < -0.3 is 5.32 Å². The van der Waals surface area contributed by atoms with Gasteiger partial charge in [-0.15, -0.1) is 0 Å². The maximum absolute atomic E-state index is 3.64. The SMILES string of the molecule is CN(Cc1ccsc1)C(CNC(C)(C)C)c1ccccc1. The van der Waals surface area contributed by atoms with Crippen molar-refractivity contribution in [2.24, 2.45) is 0 Å². The summed E-state index contributed by atoms with van der Waals surface area (Å²) in [5.74, 6) is 0. The fraction of sp³-hybridized carbons (Fsp3) is 0.444. The molecule has 3 heteroatoms. The molecule has 0 saturated carbocycles. The molecule has 1 N–H and O–H groups in total. The summed E-state index contributed by atoms with van der Waals surface area (Å²) in [6.45, 7) is 8.58. The predicted molar refractivity (Wildman–Crippen MR) is 92.7 cm³/mol. The summed E-state index contributed by atoms with van der Waals surface area (Å²) in [7, 11) is 2.21. The van der Waals surface area contributed by atoms with Gasteiger partial charge in [0.05, 0.1) is 0 Å². The van der Waals surface area contributed by atoms with Crippen molar-refractivity contribution in [3.8, 4) is 0 Å². The molecule has 0 radical (unpaired) electrons. The number of hydrogen-bond donors (Lipinski definition) is 1. The van der Waals surface area contributed by atoms with Gasteiger partial charge in [-0.3, -0.25) is 4.90 Å². The van der Waals surface area contributed by atoms with Gasteiger partial charge in [-0.2, -0.15) is 11.3 Å². The van der Waals surface area contributed by atoms with E-state index in [4.69, 9.17) is 0 Å². The average molecular weight is 302 g/mol. The van der Waals surface area contributed by atoms with Gasteiger partial charge in [-0.05, 0) is 55.8 Å². The molecule has 0 bridgehead atoms. The summed E-state index contributed by atoms with van der Waals surface area (Å²) in [5, 5.41) is 8.02. The molecule has 1 atom stereocenters. The number of rotatable bonds is 6. The Labute approximate surface area is 132 Å². The van der Waals surface area contributed by atoms with Crippen molar-refractivity contribution in [3.05, 3.63) is 58.3 Å². The third kappa shape index (κ3) is 5.27. The molecule has 1 aromatic heterocycles. The van der Waals surface area contributed by atoms with Gasteiger partial charge >= 0.3 is 0 Å². The molecule has 21 heavy (non-hydrogen) atoms. The van der Waals surface area contributed by atoms with E-state index in [1.807, 2.05) is 0 Å². The number of nitrogens with zero attached hydrogens (tertiary/aromatic N) is 1. The zero-order valence-electron chi connectivity index (χ0n) is 13.5. The Morgan fingerprint density at radius 2 is 1.86 bits per heavy atom. The molecule has 114 valence electrons. The highest BCUT2D eigenvalue weighted by atomic mass is 32.1. The van der Waals surface area contributed by atoms with E-state index in [-0.39, 0.29) is 5.54 Å².